The quantitative estimate of drug-likeness (QED) is 0.0845. The van der Waals surface area contributed by atoms with E-state index in [-0.39, 0.29) is 54.4 Å². The van der Waals surface area contributed by atoms with Crippen LogP contribution in [0.2, 0.25) is 0 Å². The number of nitrogens with two attached hydrogens (primary N) is 3. The summed E-state index contributed by atoms with van der Waals surface area (Å²) in [6, 6.07) is 13.1. The normalized spacial score (nSPS) is 22.2. The average molecular weight is 605 g/mol. The van der Waals surface area contributed by atoms with Gasteiger partial charge >= 0.3 is 0 Å². The van der Waals surface area contributed by atoms with Gasteiger partial charge in [-0.3, -0.25) is 29.5 Å². The van der Waals surface area contributed by atoms with Gasteiger partial charge in [0.1, 0.15) is 6.04 Å². The first-order valence-electron chi connectivity index (χ1n) is 14.4. The summed E-state index contributed by atoms with van der Waals surface area (Å²) in [5.74, 6) is -1.23. The van der Waals surface area contributed by atoms with Crippen molar-refractivity contribution in [1.29, 1.82) is 0 Å². The third-order valence-corrected chi connectivity index (χ3v) is 8.99. The second-order valence-electron chi connectivity index (χ2n) is 10.8. The van der Waals surface area contributed by atoms with Gasteiger partial charge in [-0.1, -0.05) is 42.5 Å². The van der Waals surface area contributed by atoms with Gasteiger partial charge in [-0.2, -0.15) is 0 Å². The number of carbonyl (C=O) groups excluding carboxylic acids is 4. The van der Waals surface area contributed by atoms with Gasteiger partial charge in [-0.25, -0.2) is 4.98 Å². The van der Waals surface area contributed by atoms with E-state index in [0.717, 1.165) is 10.3 Å². The van der Waals surface area contributed by atoms with Crippen LogP contribution in [0.3, 0.4) is 0 Å². The molecule has 3 aromatic rings. The summed E-state index contributed by atoms with van der Waals surface area (Å²) < 4.78 is 0.862. The van der Waals surface area contributed by atoms with Gasteiger partial charge < -0.3 is 27.4 Å². The molecule has 5 unspecified atom stereocenters. The number of hydrogen-bond acceptors (Lipinski definition) is 9. The lowest BCUT2D eigenvalue weighted by Gasteiger charge is -2.42. The third kappa shape index (κ3) is 6.74. The molecule has 2 saturated heterocycles. The number of fused-ring (bicyclic) bond motifs is 2. The summed E-state index contributed by atoms with van der Waals surface area (Å²) in [5.41, 5.74) is 18.4. The fourth-order valence-corrected chi connectivity index (χ4v) is 6.83. The van der Waals surface area contributed by atoms with Crippen LogP contribution in [-0.2, 0) is 20.8 Å². The van der Waals surface area contributed by atoms with Gasteiger partial charge in [0.15, 0.2) is 16.8 Å². The highest BCUT2D eigenvalue weighted by Crippen LogP contribution is 2.32. The second-order valence-corrected chi connectivity index (χ2v) is 11.9. The molecular formula is C30H36N8O4S. The van der Waals surface area contributed by atoms with Crippen LogP contribution >= 0.6 is 11.3 Å². The molecule has 5 atom stereocenters. The smallest absolute Gasteiger partial charge is 0.243 e. The molecule has 0 radical (unpaired) electrons. The predicted molar refractivity (Wildman–Crippen MR) is 164 cm³/mol. The predicted octanol–water partition coefficient (Wildman–Crippen LogP) is 0.488. The van der Waals surface area contributed by atoms with Gasteiger partial charge in [-0.05, 0) is 43.4 Å². The Morgan fingerprint density at radius 2 is 1.84 bits per heavy atom. The molecule has 2 fully saturated rings. The number of hydrogen-bond donors (Lipinski definition) is 5. The number of rotatable bonds is 12. The molecule has 12 nitrogen and oxygen atoms in total. The van der Waals surface area contributed by atoms with E-state index < -0.39 is 36.1 Å². The van der Waals surface area contributed by atoms with Crippen molar-refractivity contribution < 1.29 is 19.2 Å². The number of amides is 2. The molecule has 0 aliphatic carbocycles. The molecule has 2 aliphatic heterocycles. The molecule has 226 valence electrons. The van der Waals surface area contributed by atoms with E-state index in [4.69, 9.17) is 17.2 Å². The van der Waals surface area contributed by atoms with E-state index in [1.807, 2.05) is 54.6 Å². The number of aromatic nitrogens is 1. The molecular weight excluding hydrogens is 568 g/mol. The SMILES string of the molecule is NCC1NC(C(=O)Cc2ccccc2)C2CCC(C(=O)NC(CCCN=C(N)N)C(=O)c3nc4ccccc4s3)N2C1=O. The number of guanidine groups is 1. The fraction of sp³-hybridized carbons (Fsp3) is 0.400. The van der Waals surface area contributed by atoms with Crippen LogP contribution in [-0.4, -0.2) is 82.5 Å². The van der Waals surface area contributed by atoms with Crippen LogP contribution in [0, 0.1) is 0 Å². The van der Waals surface area contributed by atoms with E-state index in [0.29, 0.717) is 24.8 Å². The van der Waals surface area contributed by atoms with Gasteiger partial charge in [-0.15, -0.1) is 11.3 Å². The van der Waals surface area contributed by atoms with Crippen molar-refractivity contribution in [2.45, 2.75) is 62.3 Å². The van der Waals surface area contributed by atoms with Crippen molar-refractivity contribution in [2.75, 3.05) is 13.1 Å². The number of Topliss-reactive ketones (excluding diaryl/α,β-unsaturated/α-hetero) is 2. The number of aliphatic imine (C=N–C) groups is 1. The molecule has 0 saturated carbocycles. The highest BCUT2D eigenvalue weighted by molar-refractivity contribution is 7.20. The van der Waals surface area contributed by atoms with Gasteiger partial charge in [0.05, 0.1) is 34.4 Å². The lowest BCUT2D eigenvalue weighted by molar-refractivity contribution is -0.147. The number of para-hydroxylation sites is 1. The summed E-state index contributed by atoms with van der Waals surface area (Å²) in [6.45, 7) is 0.266. The minimum Gasteiger partial charge on any atom is -0.370 e. The minimum atomic E-state index is -0.903. The molecule has 5 rings (SSSR count). The molecule has 8 N–H and O–H groups in total. The van der Waals surface area contributed by atoms with E-state index in [1.165, 1.54) is 16.2 Å². The minimum absolute atomic E-state index is 0.0188. The van der Waals surface area contributed by atoms with Crippen LogP contribution in [0.1, 0.15) is 41.0 Å². The van der Waals surface area contributed by atoms with Gasteiger partial charge in [0.2, 0.25) is 17.6 Å². The highest BCUT2D eigenvalue weighted by atomic mass is 32.1. The van der Waals surface area contributed by atoms with E-state index in [9.17, 15) is 19.2 Å². The maximum atomic E-state index is 13.8. The Balaban J connectivity index is 1.35. The Kier molecular flexibility index (Phi) is 9.43. The van der Waals surface area contributed by atoms with Crippen LogP contribution in [0.5, 0.6) is 0 Å². The third-order valence-electron chi connectivity index (χ3n) is 7.94. The van der Waals surface area contributed by atoms with Crippen molar-refractivity contribution in [3.8, 4) is 0 Å². The molecule has 3 heterocycles. The Bertz CT molecular complexity index is 1490. The molecule has 2 aliphatic rings. The monoisotopic (exact) mass is 604 g/mol. The maximum absolute atomic E-state index is 13.8. The van der Waals surface area contributed by atoms with Crippen LogP contribution in [0.15, 0.2) is 59.6 Å². The molecule has 0 bridgehead atoms. The summed E-state index contributed by atoms with van der Waals surface area (Å²) in [7, 11) is 0. The zero-order valence-corrected chi connectivity index (χ0v) is 24.5. The van der Waals surface area contributed by atoms with Crippen molar-refractivity contribution in [1.82, 2.24) is 20.5 Å². The molecule has 0 spiro atoms. The lowest BCUT2D eigenvalue weighted by Crippen LogP contribution is -2.69. The van der Waals surface area contributed by atoms with Crippen molar-refractivity contribution in [3.05, 3.63) is 65.2 Å². The molecule has 43 heavy (non-hydrogen) atoms. The highest BCUT2D eigenvalue weighted by Gasteiger charge is 2.51. The first kappa shape index (κ1) is 30.3. The summed E-state index contributed by atoms with van der Waals surface area (Å²) in [5, 5.41) is 6.33. The first-order chi connectivity index (χ1) is 20.8. The number of nitrogens with zero attached hydrogens (tertiary/aromatic N) is 3. The van der Waals surface area contributed by atoms with Crippen LogP contribution in [0.25, 0.3) is 10.2 Å². The number of benzene rings is 2. The van der Waals surface area contributed by atoms with E-state index in [2.05, 4.69) is 20.6 Å². The number of ketones is 2. The number of nitrogens with one attached hydrogen (secondary N) is 2. The lowest BCUT2D eigenvalue weighted by atomic mass is 9.93. The summed E-state index contributed by atoms with van der Waals surface area (Å²) in [4.78, 5) is 64.3. The summed E-state index contributed by atoms with van der Waals surface area (Å²) in [6.07, 6.45) is 1.71. The molecule has 2 amide bonds. The van der Waals surface area contributed by atoms with Crippen LogP contribution < -0.4 is 27.8 Å². The number of thiazole rings is 1. The zero-order valence-electron chi connectivity index (χ0n) is 23.6. The van der Waals surface area contributed by atoms with Gasteiger partial charge in [0.25, 0.3) is 0 Å². The Labute approximate surface area is 253 Å². The Hall–Kier alpha value is -4.20. The average Bonchev–Trinajstić information content (AvgIpc) is 3.64. The van der Waals surface area contributed by atoms with Crippen molar-refractivity contribution in [2.24, 2.45) is 22.2 Å². The van der Waals surface area contributed by atoms with Crippen molar-refractivity contribution in [3.63, 3.8) is 0 Å². The number of piperazine rings is 1. The van der Waals surface area contributed by atoms with E-state index >= 15 is 0 Å². The molecule has 13 heteroatoms. The van der Waals surface area contributed by atoms with Crippen LogP contribution in [0.4, 0.5) is 0 Å². The number of carbonyl (C=O) groups is 4. The topological polar surface area (TPSA) is 199 Å². The second kappa shape index (κ2) is 13.4. The molecule has 1 aromatic heterocycles. The zero-order chi connectivity index (χ0) is 30.5. The molecule has 2 aromatic carbocycles. The van der Waals surface area contributed by atoms with E-state index in [1.54, 1.807) is 0 Å². The summed E-state index contributed by atoms with van der Waals surface area (Å²) >= 11 is 1.26. The standard InChI is InChI=1S/C30H36N8O4S/c31-16-20-29(42)38-21(25(35-20)23(39)15-17-7-2-1-3-8-17)12-13-22(38)27(41)36-19(10-6-14-34-30(32)33)26(40)28-37-18-9-4-5-11-24(18)43-28/h1-5,7-9,11,19-22,25,35H,6,10,12-16,31H2,(H,36,41)(H4,32,33,34). The fourth-order valence-electron chi connectivity index (χ4n) is 5.87. The van der Waals surface area contributed by atoms with Crippen molar-refractivity contribution >= 4 is 50.9 Å². The van der Waals surface area contributed by atoms with Gasteiger partial charge in [0, 0.05) is 19.5 Å². The largest absolute Gasteiger partial charge is 0.370 e. The maximum Gasteiger partial charge on any atom is 0.243 e. The Morgan fingerprint density at radius 3 is 2.56 bits per heavy atom. The first-order valence-corrected chi connectivity index (χ1v) is 15.2. The Morgan fingerprint density at radius 1 is 1.09 bits per heavy atom.